The minimum atomic E-state index is -0.409. The maximum atomic E-state index is 11.9. The Morgan fingerprint density at radius 1 is 1.56 bits per heavy atom. The molecule has 0 aliphatic carbocycles. The molecule has 0 saturated carbocycles. The number of rotatable bonds is 1. The Hall–Kier alpha value is -2.35. The minimum Gasteiger partial charge on any atom is -0.480 e. The van der Waals surface area contributed by atoms with Crippen molar-refractivity contribution in [1.29, 1.82) is 5.26 Å². The standard InChI is InChI=1S/C11H9N3O2/c1-7-4-3-5-14-9(7)13-10(16-2)8(6-12)11(14)15/h3-5H,1-2H3. The molecule has 0 unspecified atom stereocenters. The van der Waals surface area contributed by atoms with Gasteiger partial charge in [0, 0.05) is 6.20 Å². The van der Waals surface area contributed by atoms with Crippen LogP contribution < -0.4 is 10.3 Å². The molecule has 5 heteroatoms. The Balaban J connectivity index is 3.01. The van der Waals surface area contributed by atoms with Crippen molar-refractivity contribution in [2.24, 2.45) is 0 Å². The van der Waals surface area contributed by atoms with Gasteiger partial charge in [-0.3, -0.25) is 9.20 Å². The molecule has 0 aromatic carbocycles. The molecule has 0 radical (unpaired) electrons. The van der Waals surface area contributed by atoms with Gasteiger partial charge in [0.1, 0.15) is 11.7 Å². The Morgan fingerprint density at radius 2 is 2.31 bits per heavy atom. The van der Waals surface area contributed by atoms with Gasteiger partial charge >= 0.3 is 0 Å². The molecule has 0 spiro atoms. The molecule has 0 aliphatic heterocycles. The van der Waals surface area contributed by atoms with Crippen LogP contribution in [0.4, 0.5) is 0 Å². The maximum Gasteiger partial charge on any atom is 0.279 e. The Kier molecular flexibility index (Phi) is 2.33. The van der Waals surface area contributed by atoms with E-state index < -0.39 is 5.56 Å². The molecule has 2 heterocycles. The van der Waals surface area contributed by atoms with E-state index in [0.717, 1.165) is 5.56 Å². The van der Waals surface area contributed by atoms with E-state index in [1.54, 1.807) is 18.3 Å². The van der Waals surface area contributed by atoms with Gasteiger partial charge in [0.15, 0.2) is 5.56 Å². The van der Waals surface area contributed by atoms with Crippen LogP contribution in [0.15, 0.2) is 23.1 Å². The van der Waals surface area contributed by atoms with Crippen LogP contribution in [-0.4, -0.2) is 16.5 Å². The second kappa shape index (κ2) is 3.66. The Bertz CT molecular complexity index is 653. The van der Waals surface area contributed by atoms with Crippen LogP contribution in [0.25, 0.3) is 5.65 Å². The fraction of sp³-hybridized carbons (Fsp3) is 0.182. The summed E-state index contributed by atoms with van der Waals surface area (Å²) in [6, 6.07) is 5.38. The Labute approximate surface area is 91.5 Å². The van der Waals surface area contributed by atoms with Crippen LogP contribution in [-0.2, 0) is 0 Å². The first-order valence-corrected chi connectivity index (χ1v) is 4.65. The normalized spacial score (nSPS) is 10.1. The van der Waals surface area contributed by atoms with Crippen molar-refractivity contribution >= 4 is 5.65 Å². The van der Waals surface area contributed by atoms with Gasteiger partial charge in [-0.25, -0.2) is 0 Å². The van der Waals surface area contributed by atoms with Gasteiger partial charge in [-0.2, -0.15) is 10.2 Å². The highest BCUT2D eigenvalue weighted by Crippen LogP contribution is 2.13. The number of aryl methyl sites for hydroxylation is 1. The molecule has 2 aromatic rings. The highest BCUT2D eigenvalue weighted by molar-refractivity contribution is 5.51. The van der Waals surface area contributed by atoms with E-state index in [2.05, 4.69) is 4.98 Å². The first-order chi connectivity index (χ1) is 7.69. The number of nitrogens with zero attached hydrogens (tertiary/aromatic N) is 3. The summed E-state index contributed by atoms with van der Waals surface area (Å²) >= 11 is 0. The van der Waals surface area contributed by atoms with Crippen molar-refractivity contribution in [3.63, 3.8) is 0 Å². The van der Waals surface area contributed by atoms with Crippen molar-refractivity contribution in [2.45, 2.75) is 6.92 Å². The topological polar surface area (TPSA) is 67.4 Å². The lowest BCUT2D eigenvalue weighted by Crippen LogP contribution is -2.19. The summed E-state index contributed by atoms with van der Waals surface area (Å²) in [6.45, 7) is 1.84. The molecule has 0 atom stereocenters. The molecule has 0 saturated heterocycles. The molecule has 0 bridgehead atoms. The molecular formula is C11H9N3O2. The summed E-state index contributed by atoms with van der Waals surface area (Å²) in [5.41, 5.74) is 0.865. The predicted octanol–water partition coefficient (Wildman–Crippen LogP) is 0.883. The van der Waals surface area contributed by atoms with E-state index >= 15 is 0 Å². The zero-order valence-corrected chi connectivity index (χ0v) is 8.89. The zero-order valence-electron chi connectivity index (χ0n) is 8.89. The van der Waals surface area contributed by atoms with E-state index in [1.165, 1.54) is 11.5 Å². The lowest BCUT2D eigenvalue weighted by atomic mass is 10.2. The van der Waals surface area contributed by atoms with E-state index in [-0.39, 0.29) is 11.4 Å². The van der Waals surface area contributed by atoms with Crippen molar-refractivity contribution < 1.29 is 4.74 Å². The zero-order chi connectivity index (χ0) is 11.7. The molecular weight excluding hydrogens is 206 g/mol. The molecule has 0 N–H and O–H groups in total. The van der Waals surface area contributed by atoms with Crippen LogP contribution in [0.3, 0.4) is 0 Å². The highest BCUT2D eigenvalue weighted by atomic mass is 16.5. The lowest BCUT2D eigenvalue weighted by molar-refractivity contribution is 0.396. The fourth-order valence-electron chi connectivity index (χ4n) is 1.52. The van der Waals surface area contributed by atoms with Crippen LogP contribution in [0.1, 0.15) is 11.1 Å². The smallest absolute Gasteiger partial charge is 0.279 e. The molecule has 2 aromatic heterocycles. The van der Waals surface area contributed by atoms with E-state index in [9.17, 15) is 4.79 Å². The number of pyridine rings is 1. The summed E-state index contributed by atoms with van der Waals surface area (Å²) in [6.07, 6.45) is 1.58. The van der Waals surface area contributed by atoms with Gasteiger partial charge in [0.25, 0.3) is 5.56 Å². The summed E-state index contributed by atoms with van der Waals surface area (Å²) in [5.74, 6) is 0.0711. The molecule has 5 nitrogen and oxygen atoms in total. The van der Waals surface area contributed by atoms with Gasteiger partial charge in [-0.05, 0) is 18.6 Å². The quantitative estimate of drug-likeness (QED) is 0.708. The molecule has 0 fully saturated rings. The molecule has 2 rings (SSSR count). The number of hydrogen-bond donors (Lipinski definition) is 0. The number of fused-ring (bicyclic) bond motifs is 1. The molecule has 0 amide bonds. The third kappa shape index (κ3) is 1.32. The van der Waals surface area contributed by atoms with Crippen LogP contribution >= 0.6 is 0 Å². The predicted molar refractivity (Wildman–Crippen MR) is 57.5 cm³/mol. The number of aromatic nitrogens is 2. The first kappa shape index (κ1) is 10.2. The van der Waals surface area contributed by atoms with E-state index in [1.807, 2.05) is 13.0 Å². The molecule has 80 valence electrons. The molecule has 16 heavy (non-hydrogen) atoms. The largest absolute Gasteiger partial charge is 0.480 e. The van der Waals surface area contributed by atoms with Crippen molar-refractivity contribution in [3.8, 4) is 11.9 Å². The maximum absolute atomic E-state index is 11.9. The third-order valence-electron chi connectivity index (χ3n) is 2.32. The van der Waals surface area contributed by atoms with Gasteiger partial charge in [-0.15, -0.1) is 0 Å². The van der Waals surface area contributed by atoms with Gasteiger partial charge in [-0.1, -0.05) is 6.07 Å². The third-order valence-corrected chi connectivity index (χ3v) is 2.32. The average molecular weight is 215 g/mol. The van der Waals surface area contributed by atoms with Crippen molar-refractivity contribution in [1.82, 2.24) is 9.38 Å². The van der Waals surface area contributed by atoms with Crippen LogP contribution in [0.2, 0.25) is 0 Å². The van der Waals surface area contributed by atoms with E-state index in [4.69, 9.17) is 10.00 Å². The van der Waals surface area contributed by atoms with Crippen LogP contribution in [0.5, 0.6) is 5.88 Å². The summed E-state index contributed by atoms with van der Waals surface area (Å²) < 4.78 is 6.28. The Morgan fingerprint density at radius 3 is 2.94 bits per heavy atom. The fourth-order valence-corrected chi connectivity index (χ4v) is 1.52. The number of hydrogen-bond acceptors (Lipinski definition) is 4. The van der Waals surface area contributed by atoms with E-state index in [0.29, 0.717) is 5.65 Å². The SMILES string of the molecule is COc1nc2c(C)cccn2c(=O)c1C#N. The van der Waals surface area contributed by atoms with Crippen molar-refractivity contribution in [2.75, 3.05) is 7.11 Å². The summed E-state index contributed by atoms with van der Waals surface area (Å²) in [5, 5.41) is 8.88. The average Bonchev–Trinajstić information content (AvgIpc) is 2.30. The number of ether oxygens (including phenoxy) is 1. The van der Waals surface area contributed by atoms with Crippen molar-refractivity contribution in [3.05, 3.63) is 39.8 Å². The van der Waals surface area contributed by atoms with Crippen LogP contribution in [0, 0.1) is 18.3 Å². The summed E-state index contributed by atoms with van der Waals surface area (Å²) in [7, 11) is 1.39. The lowest BCUT2D eigenvalue weighted by Gasteiger charge is -2.06. The highest BCUT2D eigenvalue weighted by Gasteiger charge is 2.13. The van der Waals surface area contributed by atoms with Gasteiger partial charge < -0.3 is 4.74 Å². The van der Waals surface area contributed by atoms with Gasteiger partial charge in [0.05, 0.1) is 7.11 Å². The number of nitriles is 1. The minimum absolute atomic E-state index is 0.0711. The van der Waals surface area contributed by atoms with Gasteiger partial charge in [0.2, 0.25) is 5.88 Å². The monoisotopic (exact) mass is 215 g/mol. The first-order valence-electron chi connectivity index (χ1n) is 4.65. The number of methoxy groups -OCH3 is 1. The summed E-state index contributed by atoms with van der Waals surface area (Å²) in [4.78, 5) is 16.1. The second-order valence-electron chi connectivity index (χ2n) is 3.30. The second-order valence-corrected chi connectivity index (χ2v) is 3.30. The molecule has 0 aliphatic rings.